The van der Waals surface area contributed by atoms with Crippen LogP contribution in [0.2, 0.25) is 5.02 Å². The van der Waals surface area contributed by atoms with E-state index < -0.39 is 0 Å². The zero-order valence-electron chi connectivity index (χ0n) is 14.8. The lowest BCUT2D eigenvalue weighted by atomic mass is 10.0. The molecule has 1 amide bonds. The van der Waals surface area contributed by atoms with Gasteiger partial charge in [-0.25, -0.2) is 4.98 Å². The van der Waals surface area contributed by atoms with Crippen molar-refractivity contribution in [2.75, 3.05) is 11.9 Å². The maximum atomic E-state index is 12.2. The Kier molecular flexibility index (Phi) is 6.52. The highest BCUT2D eigenvalue weighted by molar-refractivity contribution is 9.10. The molecule has 140 valence electrons. The van der Waals surface area contributed by atoms with Crippen molar-refractivity contribution in [3.8, 4) is 17.0 Å². The molecule has 7 heteroatoms. The van der Waals surface area contributed by atoms with Crippen LogP contribution in [0.25, 0.3) is 11.3 Å². The van der Waals surface area contributed by atoms with Crippen molar-refractivity contribution in [2.45, 2.75) is 19.8 Å². The van der Waals surface area contributed by atoms with Crippen LogP contribution in [0.5, 0.6) is 5.75 Å². The average Bonchev–Trinajstić information content (AvgIpc) is 3.09. The van der Waals surface area contributed by atoms with Gasteiger partial charge in [0.05, 0.1) is 10.2 Å². The van der Waals surface area contributed by atoms with Crippen molar-refractivity contribution >= 4 is 49.9 Å². The fourth-order valence-corrected chi connectivity index (χ4v) is 3.89. The summed E-state index contributed by atoms with van der Waals surface area (Å²) in [5.41, 5.74) is 2.77. The summed E-state index contributed by atoms with van der Waals surface area (Å²) in [5, 5.41) is 5.75. The summed E-state index contributed by atoms with van der Waals surface area (Å²) < 4.78 is 6.44. The van der Waals surface area contributed by atoms with Gasteiger partial charge in [-0.3, -0.25) is 10.1 Å². The normalized spacial score (nSPS) is 10.9. The van der Waals surface area contributed by atoms with Gasteiger partial charge in [0.15, 0.2) is 11.7 Å². The third-order valence-corrected chi connectivity index (χ3v) is 5.59. The third kappa shape index (κ3) is 5.09. The predicted octanol–water partition coefficient (Wildman–Crippen LogP) is 6.37. The van der Waals surface area contributed by atoms with E-state index in [0.29, 0.717) is 21.8 Å². The number of halogens is 2. The van der Waals surface area contributed by atoms with E-state index in [4.69, 9.17) is 16.3 Å². The fraction of sp³-hybridized carbons (Fsp3) is 0.200. The molecule has 0 saturated heterocycles. The molecule has 3 aromatic rings. The minimum Gasteiger partial charge on any atom is -0.483 e. The lowest BCUT2D eigenvalue weighted by Crippen LogP contribution is -2.20. The minimum absolute atomic E-state index is 0.0966. The lowest BCUT2D eigenvalue weighted by Gasteiger charge is -2.11. The second kappa shape index (κ2) is 8.87. The number of carbonyl (C=O) groups is 1. The molecule has 0 fully saturated rings. The van der Waals surface area contributed by atoms with Crippen molar-refractivity contribution in [1.82, 2.24) is 4.98 Å². The van der Waals surface area contributed by atoms with E-state index in [2.05, 4.69) is 40.1 Å². The maximum absolute atomic E-state index is 12.2. The highest BCUT2D eigenvalue weighted by Crippen LogP contribution is 2.31. The molecule has 0 radical (unpaired) electrons. The Morgan fingerprint density at radius 1 is 1.30 bits per heavy atom. The summed E-state index contributed by atoms with van der Waals surface area (Å²) in [7, 11) is 0. The first-order chi connectivity index (χ1) is 12.9. The summed E-state index contributed by atoms with van der Waals surface area (Å²) in [6.45, 7) is 4.15. The van der Waals surface area contributed by atoms with Crippen LogP contribution in [-0.2, 0) is 4.79 Å². The molecular formula is C20H18BrClN2O2S. The summed E-state index contributed by atoms with van der Waals surface area (Å²) in [6.07, 6.45) is 0. The third-order valence-electron chi connectivity index (χ3n) is 3.88. The summed E-state index contributed by atoms with van der Waals surface area (Å²) in [4.78, 5) is 16.6. The molecule has 0 aliphatic carbocycles. The molecule has 1 N–H and O–H groups in total. The van der Waals surface area contributed by atoms with Crippen molar-refractivity contribution in [3.05, 3.63) is 62.9 Å². The first kappa shape index (κ1) is 19.9. The first-order valence-corrected chi connectivity index (χ1v) is 10.4. The fourth-order valence-electron chi connectivity index (χ4n) is 2.42. The standard InChI is InChI=1S/C20H18BrClN2O2S/c1-12(2)13-7-8-18(15(21)9-13)26-10-19(25)24-20-23-17(11-27-20)14-5-3-4-6-16(14)22/h3-9,11-12H,10H2,1-2H3,(H,23,24,25). The Hall–Kier alpha value is -1.89. The molecule has 2 aromatic carbocycles. The molecular weight excluding hydrogens is 448 g/mol. The maximum Gasteiger partial charge on any atom is 0.264 e. The predicted molar refractivity (Wildman–Crippen MR) is 115 cm³/mol. The van der Waals surface area contributed by atoms with Crippen LogP contribution in [0, 0.1) is 0 Å². The van der Waals surface area contributed by atoms with E-state index in [1.54, 1.807) is 0 Å². The number of rotatable bonds is 6. The molecule has 27 heavy (non-hydrogen) atoms. The van der Waals surface area contributed by atoms with Gasteiger partial charge in [0.2, 0.25) is 0 Å². The largest absolute Gasteiger partial charge is 0.483 e. The van der Waals surface area contributed by atoms with Crippen molar-refractivity contribution < 1.29 is 9.53 Å². The van der Waals surface area contributed by atoms with Crippen LogP contribution in [0.3, 0.4) is 0 Å². The molecule has 0 aliphatic heterocycles. The number of anilines is 1. The van der Waals surface area contributed by atoms with Crippen LogP contribution in [0.15, 0.2) is 52.3 Å². The smallest absolute Gasteiger partial charge is 0.264 e. The Bertz CT molecular complexity index is 959. The van der Waals surface area contributed by atoms with Gasteiger partial charge in [-0.2, -0.15) is 0 Å². The Labute approximate surface area is 175 Å². The van der Waals surface area contributed by atoms with Gasteiger partial charge in [0.1, 0.15) is 5.75 Å². The Balaban J connectivity index is 1.60. The summed E-state index contributed by atoms with van der Waals surface area (Å²) >= 11 is 11.0. The van der Waals surface area contributed by atoms with Crippen LogP contribution in [0.4, 0.5) is 5.13 Å². The van der Waals surface area contributed by atoms with Crippen LogP contribution < -0.4 is 10.1 Å². The monoisotopic (exact) mass is 464 g/mol. The molecule has 0 aliphatic rings. The molecule has 1 aromatic heterocycles. The number of hydrogen-bond donors (Lipinski definition) is 1. The van der Waals surface area contributed by atoms with Crippen molar-refractivity contribution in [3.63, 3.8) is 0 Å². The van der Waals surface area contributed by atoms with Gasteiger partial charge in [-0.1, -0.05) is 49.7 Å². The van der Waals surface area contributed by atoms with Gasteiger partial charge >= 0.3 is 0 Å². The first-order valence-electron chi connectivity index (χ1n) is 8.36. The molecule has 3 rings (SSSR count). The molecule has 4 nitrogen and oxygen atoms in total. The number of aromatic nitrogens is 1. The van der Waals surface area contributed by atoms with Crippen molar-refractivity contribution in [1.29, 1.82) is 0 Å². The van der Waals surface area contributed by atoms with E-state index in [1.165, 1.54) is 16.9 Å². The van der Waals surface area contributed by atoms with Gasteiger partial charge in [-0.15, -0.1) is 11.3 Å². The number of amides is 1. The van der Waals surface area contributed by atoms with Gasteiger partial charge in [0.25, 0.3) is 5.91 Å². The van der Waals surface area contributed by atoms with Crippen LogP contribution in [-0.4, -0.2) is 17.5 Å². The number of carbonyl (C=O) groups excluding carboxylic acids is 1. The number of nitrogens with zero attached hydrogens (tertiary/aromatic N) is 1. The van der Waals surface area contributed by atoms with Crippen molar-refractivity contribution in [2.24, 2.45) is 0 Å². The SMILES string of the molecule is CC(C)c1ccc(OCC(=O)Nc2nc(-c3ccccc3Cl)cs2)c(Br)c1. The zero-order chi connectivity index (χ0) is 19.4. The van der Waals surface area contributed by atoms with E-state index >= 15 is 0 Å². The Morgan fingerprint density at radius 3 is 2.78 bits per heavy atom. The quantitative estimate of drug-likeness (QED) is 0.460. The number of thiazole rings is 1. The topological polar surface area (TPSA) is 51.2 Å². The second-order valence-corrected chi connectivity index (χ2v) is 8.32. The average molecular weight is 466 g/mol. The molecule has 0 bridgehead atoms. The molecule has 0 unspecified atom stereocenters. The minimum atomic E-state index is -0.269. The van der Waals surface area contributed by atoms with E-state index in [9.17, 15) is 4.79 Å². The molecule has 1 heterocycles. The highest BCUT2D eigenvalue weighted by atomic mass is 79.9. The highest BCUT2D eigenvalue weighted by Gasteiger charge is 2.12. The summed E-state index contributed by atoms with van der Waals surface area (Å²) in [5.74, 6) is 0.788. The van der Waals surface area contributed by atoms with Gasteiger partial charge in [0, 0.05) is 16.0 Å². The number of hydrogen-bond acceptors (Lipinski definition) is 4. The van der Waals surface area contributed by atoms with E-state index in [-0.39, 0.29) is 12.5 Å². The van der Waals surface area contributed by atoms with Gasteiger partial charge < -0.3 is 4.74 Å². The zero-order valence-corrected chi connectivity index (χ0v) is 18.0. The lowest BCUT2D eigenvalue weighted by molar-refractivity contribution is -0.118. The van der Waals surface area contributed by atoms with E-state index in [1.807, 2.05) is 47.8 Å². The number of benzene rings is 2. The number of nitrogens with one attached hydrogen (secondary N) is 1. The van der Waals surface area contributed by atoms with Gasteiger partial charge in [-0.05, 0) is 45.6 Å². The number of ether oxygens (including phenoxy) is 1. The van der Waals surface area contributed by atoms with Crippen LogP contribution >= 0.6 is 38.9 Å². The van der Waals surface area contributed by atoms with Crippen LogP contribution in [0.1, 0.15) is 25.3 Å². The second-order valence-electron chi connectivity index (χ2n) is 6.20. The van der Waals surface area contributed by atoms with E-state index in [0.717, 1.165) is 15.7 Å². The Morgan fingerprint density at radius 2 is 2.07 bits per heavy atom. The summed E-state index contributed by atoms with van der Waals surface area (Å²) in [6, 6.07) is 13.3. The molecule has 0 spiro atoms. The molecule has 0 atom stereocenters. The molecule has 0 saturated carbocycles.